The van der Waals surface area contributed by atoms with Crippen LogP contribution in [0.2, 0.25) is 0 Å². The molecule has 1 heterocycles. The Morgan fingerprint density at radius 2 is 1.67 bits per heavy atom. The zero-order chi connectivity index (χ0) is 21.3. The fourth-order valence-corrected chi connectivity index (χ4v) is 5.87. The lowest BCUT2D eigenvalue weighted by molar-refractivity contribution is -0.148. The average molecular weight is 463 g/mol. The predicted octanol–water partition coefficient (Wildman–Crippen LogP) is 3.65. The van der Waals surface area contributed by atoms with Crippen LogP contribution in [0.15, 0.2) is 0 Å². The fraction of sp³-hybridized carbons (Fsp3) is 0.909. The second kappa shape index (κ2) is 9.91. The third-order valence-corrected chi connectivity index (χ3v) is 8.47. The van der Waals surface area contributed by atoms with Crippen molar-refractivity contribution in [2.24, 2.45) is 17.8 Å². The lowest BCUT2D eigenvalue weighted by Crippen LogP contribution is -2.58. The Hall–Kier alpha value is -0.590. The molecule has 0 aromatic carbocycles. The number of ether oxygens (including phenoxy) is 1. The van der Waals surface area contributed by atoms with Gasteiger partial charge >= 0.3 is 0 Å². The Morgan fingerprint density at radius 3 is 2.33 bits per heavy atom. The summed E-state index contributed by atoms with van der Waals surface area (Å²) in [5.41, 5.74) is 0. The molecule has 8 heteroatoms. The number of carbonyl (C=O) groups excluding carboxylic acids is 2. The molecule has 0 radical (unpaired) electrons. The monoisotopic (exact) mass is 462 g/mol. The number of alkyl halides is 3. The number of hydrogen-bond acceptors (Lipinski definition) is 3. The highest BCUT2D eigenvalue weighted by Gasteiger charge is 2.43. The number of amides is 2. The van der Waals surface area contributed by atoms with E-state index in [1.54, 1.807) is 0 Å². The van der Waals surface area contributed by atoms with Crippen molar-refractivity contribution in [2.45, 2.75) is 86.9 Å². The van der Waals surface area contributed by atoms with E-state index in [4.69, 9.17) is 27.9 Å². The van der Waals surface area contributed by atoms with E-state index in [1.165, 1.54) is 12.8 Å². The van der Waals surface area contributed by atoms with Crippen LogP contribution in [0.4, 0.5) is 4.39 Å². The van der Waals surface area contributed by atoms with Gasteiger partial charge in [-0.2, -0.15) is 0 Å². The van der Waals surface area contributed by atoms with Gasteiger partial charge in [0.05, 0.1) is 11.5 Å². The van der Waals surface area contributed by atoms with Gasteiger partial charge in [-0.15, -0.1) is 23.2 Å². The molecule has 0 bridgehead atoms. The van der Waals surface area contributed by atoms with Gasteiger partial charge in [0.2, 0.25) is 11.8 Å². The van der Waals surface area contributed by atoms with Crippen LogP contribution in [0.3, 0.4) is 0 Å². The van der Waals surface area contributed by atoms with Crippen molar-refractivity contribution in [3.63, 3.8) is 0 Å². The lowest BCUT2D eigenvalue weighted by Gasteiger charge is -2.48. The van der Waals surface area contributed by atoms with Crippen LogP contribution in [0.5, 0.6) is 0 Å². The Labute approximate surface area is 188 Å². The third kappa shape index (κ3) is 5.42. The van der Waals surface area contributed by atoms with Gasteiger partial charge in [-0.25, -0.2) is 4.39 Å². The third-order valence-electron chi connectivity index (χ3n) is 7.54. The standard InChI is InChI=1S/C22H33Cl2FN2O3/c23-16-3-1-13(2-4-16)15-10-27(11-15)22(29)14-7-17(8-14)26-21(28)12-30-18-5-6-19(24)20(25)9-18/h13-20H,1-12H2,(H,26,28). The minimum absolute atomic E-state index is 0.0297. The first kappa shape index (κ1) is 22.6. The van der Waals surface area contributed by atoms with Gasteiger partial charge in [0.25, 0.3) is 0 Å². The van der Waals surface area contributed by atoms with Crippen LogP contribution in [0.1, 0.15) is 57.8 Å². The maximum absolute atomic E-state index is 13.6. The molecule has 4 rings (SSSR count). The molecule has 1 aliphatic heterocycles. The molecule has 170 valence electrons. The molecule has 30 heavy (non-hydrogen) atoms. The van der Waals surface area contributed by atoms with Crippen LogP contribution in [0, 0.1) is 17.8 Å². The zero-order valence-corrected chi connectivity index (χ0v) is 18.9. The van der Waals surface area contributed by atoms with Gasteiger partial charge in [-0.1, -0.05) is 0 Å². The first-order valence-corrected chi connectivity index (χ1v) is 12.4. The topological polar surface area (TPSA) is 58.6 Å². The summed E-state index contributed by atoms with van der Waals surface area (Å²) in [7, 11) is 0. The van der Waals surface area contributed by atoms with Gasteiger partial charge < -0.3 is 15.0 Å². The van der Waals surface area contributed by atoms with Crippen LogP contribution in [-0.4, -0.2) is 65.5 Å². The average Bonchev–Trinajstić information content (AvgIpc) is 2.65. The molecule has 3 saturated carbocycles. The Morgan fingerprint density at radius 1 is 0.967 bits per heavy atom. The minimum Gasteiger partial charge on any atom is -0.368 e. The van der Waals surface area contributed by atoms with Gasteiger partial charge in [0.15, 0.2) is 0 Å². The van der Waals surface area contributed by atoms with Crippen molar-refractivity contribution in [1.82, 2.24) is 10.2 Å². The van der Waals surface area contributed by atoms with Crippen molar-refractivity contribution in [1.29, 1.82) is 0 Å². The summed E-state index contributed by atoms with van der Waals surface area (Å²) in [6.45, 7) is 1.72. The van der Waals surface area contributed by atoms with Crippen LogP contribution in [-0.2, 0) is 14.3 Å². The SMILES string of the molecule is O=C(COC1CCC(Cl)C(F)C1)NC1CC(C(=O)N2CC(C3CCC(Cl)CC3)C2)C1. The van der Waals surface area contributed by atoms with Crippen LogP contribution in [0.25, 0.3) is 0 Å². The van der Waals surface area contributed by atoms with E-state index in [-0.39, 0.29) is 42.9 Å². The molecule has 5 nitrogen and oxygen atoms in total. The largest absolute Gasteiger partial charge is 0.368 e. The number of carbonyl (C=O) groups is 2. The predicted molar refractivity (Wildman–Crippen MR) is 114 cm³/mol. The van der Waals surface area contributed by atoms with E-state index in [9.17, 15) is 14.0 Å². The van der Waals surface area contributed by atoms with E-state index in [0.717, 1.165) is 31.8 Å². The highest BCUT2D eigenvalue weighted by atomic mass is 35.5. The Balaban J connectivity index is 1.08. The number of likely N-dealkylation sites (tertiary alicyclic amines) is 1. The summed E-state index contributed by atoms with van der Waals surface area (Å²) in [6, 6.07) is 0.0404. The molecular formula is C22H33Cl2FN2O3. The minimum atomic E-state index is -1.07. The fourth-order valence-electron chi connectivity index (χ4n) is 5.39. The van der Waals surface area contributed by atoms with E-state index in [0.29, 0.717) is 37.0 Å². The van der Waals surface area contributed by atoms with Crippen molar-refractivity contribution in [2.75, 3.05) is 19.7 Å². The lowest BCUT2D eigenvalue weighted by atomic mass is 9.74. The van der Waals surface area contributed by atoms with Gasteiger partial charge in [0, 0.05) is 36.8 Å². The van der Waals surface area contributed by atoms with Gasteiger partial charge in [-0.3, -0.25) is 9.59 Å². The van der Waals surface area contributed by atoms with E-state index >= 15 is 0 Å². The second-order valence-electron chi connectivity index (χ2n) is 9.73. The number of nitrogens with one attached hydrogen (secondary N) is 1. The molecule has 0 aromatic rings. The molecule has 4 fully saturated rings. The van der Waals surface area contributed by atoms with Crippen molar-refractivity contribution in [3.05, 3.63) is 0 Å². The molecule has 1 N–H and O–H groups in total. The highest BCUT2D eigenvalue weighted by Crippen LogP contribution is 2.39. The van der Waals surface area contributed by atoms with E-state index < -0.39 is 11.5 Å². The maximum Gasteiger partial charge on any atom is 0.246 e. The van der Waals surface area contributed by atoms with Crippen molar-refractivity contribution >= 4 is 35.0 Å². The molecule has 3 atom stereocenters. The summed E-state index contributed by atoms with van der Waals surface area (Å²) >= 11 is 12.1. The maximum atomic E-state index is 13.6. The van der Waals surface area contributed by atoms with Gasteiger partial charge in [0.1, 0.15) is 12.8 Å². The molecular weight excluding hydrogens is 430 g/mol. The number of hydrogen-bond donors (Lipinski definition) is 1. The first-order chi connectivity index (χ1) is 14.4. The highest BCUT2D eigenvalue weighted by molar-refractivity contribution is 6.21. The molecule has 3 unspecified atom stereocenters. The van der Waals surface area contributed by atoms with Crippen LogP contribution < -0.4 is 5.32 Å². The number of rotatable bonds is 6. The normalized spacial score (nSPS) is 39.7. The van der Waals surface area contributed by atoms with Crippen molar-refractivity contribution in [3.8, 4) is 0 Å². The summed E-state index contributed by atoms with van der Waals surface area (Å²) < 4.78 is 19.2. The molecule has 2 amide bonds. The molecule has 1 saturated heterocycles. The zero-order valence-electron chi connectivity index (χ0n) is 17.4. The summed E-state index contributed by atoms with van der Waals surface area (Å²) in [5.74, 6) is 1.45. The summed E-state index contributed by atoms with van der Waals surface area (Å²) in [6.07, 6.45) is 6.21. The smallest absolute Gasteiger partial charge is 0.246 e. The summed E-state index contributed by atoms with van der Waals surface area (Å²) in [5, 5.41) is 2.83. The Kier molecular flexibility index (Phi) is 7.46. The second-order valence-corrected chi connectivity index (χ2v) is 10.9. The number of nitrogens with zero attached hydrogens (tertiary/aromatic N) is 1. The van der Waals surface area contributed by atoms with E-state index in [2.05, 4.69) is 5.32 Å². The summed E-state index contributed by atoms with van der Waals surface area (Å²) in [4.78, 5) is 26.7. The quantitative estimate of drug-likeness (QED) is 0.612. The van der Waals surface area contributed by atoms with Crippen molar-refractivity contribution < 1.29 is 18.7 Å². The number of halogens is 3. The molecule has 0 aromatic heterocycles. The molecule has 3 aliphatic carbocycles. The van der Waals surface area contributed by atoms with E-state index in [1.807, 2.05) is 4.90 Å². The van der Waals surface area contributed by atoms with Gasteiger partial charge in [-0.05, 0) is 63.2 Å². The molecule has 4 aliphatic rings. The Bertz CT molecular complexity index is 620. The first-order valence-electron chi connectivity index (χ1n) is 11.5. The van der Waals surface area contributed by atoms with Crippen LogP contribution >= 0.6 is 23.2 Å². The molecule has 0 spiro atoms.